The number of pyridine rings is 1. The zero-order valence-electron chi connectivity index (χ0n) is 13.0. The first-order valence-electron chi connectivity index (χ1n) is 7.55. The molecule has 122 valence electrons. The van der Waals surface area contributed by atoms with Crippen LogP contribution in [0.15, 0.2) is 47.6 Å². The van der Waals surface area contributed by atoms with Gasteiger partial charge < -0.3 is 10.6 Å². The van der Waals surface area contributed by atoms with Gasteiger partial charge in [-0.1, -0.05) is 12.1 Å². The summed E-state index contributed by atoms with van der Waals surface area (Å²) in [4.78, 5) is 8.60. The third-order valence-corrected chi connectivity index (χ3v) is 3.20. The Morgan fingerprint density at radius 3 is 2.52 bits per heavy atom. The van der Waals surface area contributed by atoms with Crippen LogP contribution in [0.25, 0.3) is 0 Å². The molecule has 0 saturated carbocycles. The summed E-state index contributed by atoms with van der Waals surface area (Å²) in [6, 6.07) is 9.53. The number of aromatic nitrogens is 1. The van der Waals surface area contributed by atoms with Crippen molar-refractivity contribution in [3.63, 3.8) is 0 Å². The predicted octanol–water partition coefficient (Wildman–Crippen LogP) is 2.66. The van der Waals surface area contributed by atoms with E-state index in [0.717, 1.165) is 5.69 Å². The van der Waals surface area contributed by atoms with Gasteiger partial charge in [-0.05, 0) is 37.6 Å². The molecule has 0 unspecified atom stereocenters. The number of aliphatic imine (C=N–C) groups is 1. The van der Waals surface area contributed by atoms with Crippen molar-refractivity contribution in [2.24, 2.45) is 4.99 Å². The van der Waals surface area contributed by atoms with Gasteiger partial charge in [0.15, 0.2) is 5.96 Å². The van der Waals surface area contributed by atoms with Crippen LogP contribution in [0.2, 0.25) is 0 Å². The van der Waals surface area contributed by atoms with E-state index in [0.29, 0.717) is 25.6 Å². The molecule has 0 aliphatic rings. The van der Waals surface area contributed by atoms with Crippen LogP contribution in [0.4, 0.5) is 8.78 Å². The van der Waals surface area contributed by atoms with Crippen molar-refractivity contribution >= 4 is 5.96 Å². The summed E-state index contributed by atoms with van der Waals surface area (Å²) >= 11 is 0. The van der Waals surface area contributed by atoms with E-state index in [4.69, 9.17) is 0 Å². The van der Waals surface area contributed by atoms with Crippen LogP contribution in [-0.2, 0) is 13.0 Å². The topological polar surface area (TPSA) is 49.3 Å². The normalized spacial score (nSPS) is 11.3. The van der Waals surface area contributed by atoms with Crippen molar-refractivity contribution in [3.8, 4) is 0 Å². The number of nitrogens with one attached hydrogen (secondary N) is 2. The second-order valence-corrected chi connectivity index (χ2v) is 4.89. The quantitative estimate of drug-likeness (QED) is 0.636. The number of guanidine groups is 1. The van der Waals surface area contributed by atoms with E-state index in [1.165, 1.54) is 18.2 Å². The van der Waals surface area contributed by atoms with Crippen molar-refractivity contribution in [3.05, 3.63) is 65.5 Å². The van der Waals surface area contributed by atoms with Crippen LogP contribution in [-0.4, -0.2) is 24.0 Å². The summed E-state index contributed by atoms with van der Waals surface area (Å²) in [6.45, 7) is 3.47. The van der Waals surface area contributed by atoms with Gasteiger partial charge in [0, 0.05) is 24.8 Å². The van der Waals surface area contributed by atoms with Gasteiger partial charge in [-0.3, -0.25) is 4.98 Å². The lowest BCUT2D eigenvalue weighted by Gasteiger charge is -2.11. The second kappa shape index (κ2) is 8.82. The van der Waals surface area contributed by atoms with Gasteiger partial charge in [0.25, 0.3) is 0 Å². The maximum atomic E-state index is 13.6. The van der Waals surface area contributed by atoms with Gasteiger partial charge in [-0.25, -0.2) is 13.8 Å². The Morgan fingerprint density at radius 2 is 1.87 bits per heavy atom. The third-order valence-electron chi connectivity index (χ3n) is 3.20. The summed E-state index contributed by atoms with van der Waals surface area (Å²) in [5.74, 6) is -0.459. The minimum absolute atomic E-state index is 0.0839. The molecule has 1 aromatic carbocycles. The fourth-order valence-corrected chi connectivity index (χ4v) is 2.07. The van der Waals surface area contributed by atoms with Crippen molar-refractivity contribution < 1.29 is 8.78 Å². The minimum atomic E-state index is -0.526. The van der Waals surface area contributed by atoms with E-state index < -0.39 is 11.6 Å². The van der Waals surface area contributed by atoms with Gasteiger partial charge in [0.2, 0.25) is 0 Å². The van der Waals surface area contributed by atoms with Crippen LogP contribution in [0, 0.1) is 11.6 Å². The third kappa shape index (κ3) is 5.32. The predicted molar refractivity (Wildman–Crippen MR) is 87.1 cm³/mol. The Labute approximate surface area is 134 Å². The van der Waals surface area contributed by atoms with E-state index in [2.05, 4.69) is 20.6 Å². The molecule has 0 aliphatic heterocycles. The SMILES string of the molecule is CCNC(=NCc1ccccn1)NCCc1c(F)cccc1F. The highest BCUT2D eigenvalue weighted by molar-refractivity contribution is 5.79. The molecule has 0 radical (unpaired) electrons. The van der Waals surface area contributed by atoms with Gasteiger partial charge in [-0.2, -0.15) is 0 Å². The average Bonchev–Trinajstić information content (AvgIpc) is 2.56. The number of benzene rings is 1. The molecule has 1 heterocycles. The fraction of sp³-hybridized carbons (Fsp3) is 0.294. The first-order chi connectivity index (χ1) is 11.2. The highest BCUT2D eigenvalue weighted by atomic mass is 19.1. The van der Waals surface area contributed by atoms with Crippen LogP contribution < -0.4 is 10.6 Å². The largest absolute Gasteiger partial charge is 0.357 e. The van der Waals surface area contributed by atoms with Crippen LogP contribution in [0.1, 0.15) is 18.2 Å². The van der Waals surface area contributed by atoms with Gasteiger partial charge >= 0.3 is 0 Å². The zero-order chi connectivity index (χ0) is 16.5. The Kier molecular flexibility index (Phi) is 6.47. The van der Waals surface area contributed by atoms with Crippen LogP contribution in [0.5, 0.6) is 0 Å². The molecule has 0 saturated heterocycles. The van der Waals surface area contributed by atoms with E-state index in [1.807, 2.05) is 25.1 Å². The Balaban J connectivity index is 1.92. The smallest absolute Gasteiger partial charge is 0.191 e. The molecule has 0 bridgehead atoms. The lowest BCUT2D eigenvalue weighted by molar-refractivity contribution is 0.553. The van der Waals surface area contributed by atoms with Crippen molar-refractivity contribution in [1.29, 1.82) is 0 Å². The van der Waals surface area contributed by atoms with E-state index in [1.54, 1.807) is 6.20 Å². The molecular formula is C17H20F2N4. The Bertz CT molecular complexity index is 624. The molecule has 0 amide bonds. The zero-order valence-corrected chi connectivity index (χ0v) is 13.0. The average molecular weight is 318 g/mol. The summed E-state index contributed by atoms with van der Waals surface area (Å²) in [5, 5.41) is 6.16. The number of nitrogens with zero attached hydrogens (tertiary/aromatic N) is 2. The minimum Gasteiger partial charge on any atom is -0.357 e. The Morgan fingerprint density at radius 1 is 1.09 bits per heavy atom. The van der Waals surface area contributed by atoms with Crippen molar-refractivity contribution in [1.82, 2.24) is 15.6 Å². The van der Waals surface area contributed by atoms with E-state index in [9.17, 15) is 8.78 Å². The standard InChI is InChI=1S/C17H20F2N4/c1-2-20-17(23-12-13-6-3-4-10-21-13)22-11-9-14-15(18)7-5-8-16(14)19/h3-8,10H,2,9,11-12H2,1H3,(H2,20,22,23). The molecular weight excluding hydrogens is 298 g/mol. The highest BCUT2D eigenvalue weighted by Crippen LogP contribution is 2.11. The molecule has 0 fully saturated rings. The number of halogens is 2. The molecule has 0 aliphatic carbocycles. The fourth-order valence-electron chi connectivity index (χ4n) is 2.07. The summed E-state index contributed by atoms with van der Waals surface area (Å²) in [7, 11) is 0. The van der Waals surface area contributed by atoms with Gasteiger partial charge in [-0.15, -0.1) is 0 Å². The molecule has 23 heavy (non-hydrogen) atoms. The van der Waals surface area contributed by atoms with Gasteiger partial charge in [0.05, 0.1) is 12.2 Å². The molecule has 2 aromatic rings. The molecule has 0 spiro atoms. The van der Waals surface area contributed by atoms with Crippen LogP contribution >= 0.6 is 0 Å². The molecule has 2 rings (SSSR count). The molecule has 4 nitrogen and oxygen atoms in total. The first-order valence-corrected chi connectivity index (χ1v) is 7.55. The second-order valence-electron chi connectivity index (χ2n) is 4.89. The monoisotopic (exact) mass is 318 g/mol. The lowest BCUT2D eigenvalue weighted by atomic mass is 10.1. The Hall–Kier alpha value is -2.50. The van der Waals surface area contributed by atoms with Crippen molar-refractivity contribution in [2.75, 3.05) is 13.1 Å². The number of hydrogen-bond donors (Lipinski definition) is 2. The van der Waals surface area contributed by atoms with E-state index in [-0.39, 0.29) is 12.0 Å². The first kappa shape index (κ1) is 16.9. The van der Waals surface area contributed by atoms with E-state index >= 15 is 0 Å². The number of hydrogen-bond acceptors (Lipinski definition) is 2. The summed E-state index contributed by atoms with van der Waals surface area (Å²) < 4.78 is 27.1. The number of rotatable bonds is 6. The van der Waals surface area contributed by atoms with Gasteiger partial charge in [0.1, 0.15) is 11.6 Å². The molecule has 2 N–H and O–H groups in total. The molecule has 1 aromatic heterocycles. The van der Waals surface area contributed by atoms with Crippen LogP contribution in [0.3, 0.4) is 0 Å². The van der Waals surface area contributed by atoms with Crippen molar-refractivity contribution in [2.45, 2.75) is 19.9 Å². The maximum Gasteiger partial charge on any atom is 0.191 e. The lowest BCUT2D eigenvalue weighted by Crippen LogP contribution is -2.38. The summed E-state index contributed by atoms with van der Waals surface area (Å²) in [5.41, 5.74) is 0.936. The summed E-state index contributed by atoms with van der Waals surface area (Å²) in [6.07, 6.45) is 1.96. The molecule has 6 heteroatoms. The highest BCUT2D eigenvalue weighted by Gasteiger charge is 2.08. The maximum absolute atomic E-state index is 13.6. The molecule has 0 atom stereocenters.